The van der Waals surface area contributed by atoms with Crippen molar-refractivity contribution in [3.05, 3.63) is 52.2 Å². The highest BCUT2D eigenvalue weighted by Crippen LogP contribution is 2.20. The number of nitrogens with one attached hydrogen (secondary N) is 2. The van der Waals surface area contributed by atoms with Gasteiger partial charge in [-0.05, 0) is 29.5 Å². The fourth-order valence-corrected chi connectivity index (χ4v) is 3.47. The Bertz CT molecular complexity index is 533. The molecular weight excluding hydrogens is 302 g/mol. The van der Waals surface area contributed by atoms with Gasteiger partial charge in [-0.25, -0.2) is 0 Å². The fourth-order valence-electron chi connectivity index (χ4n) is 2.76. The molecule has 2 heterocycles. The second-order valence-electron chi connectivity index (χ2n) is 5.37. The Labute approximate surface area is 144 Å². The molecule has 126 valence electrons. The predicted octanol–water partition coefficient (Wildman–Crippen LogP) is 3.52. The largest absolute Gasteiger partial charge is 0.369 e. The normalized spacial score (nSPS) is 14.3. The molecule has 3 rings (SSSR count). The lowest BCUT2D eigenvalue weighted by atomic mass is 10.1. The van der Waals surface area contributed by atoms with E-state index in [9.17, 15) is 0 Å². The molecule has 1 aliphatic rings. The van der Waals surface area contributed by atoms with Gasteiger partial charge >= 0.3 is 0 Å². The van der Waals surface area contributed by atoms with Gasteiger partial charge < -0.3 is 15.5 Å². The Morgan fingerprint density at radius 3 is 2.61 bits per heavy atom. The number of hydrogen-bond donors (Lipinski definition) is 2. The summed E-state index contributed by atoms with van der Waals surface area (Å²) in [6.07, 6.45) is 1.12. The van der Waals surface area contributed by atoms with Gasteiger partial charge in [0.05, 0.1) is 0 Å². The highest BCUT2D eigenvalue weighted by molar-refractivity contribution is 7.09. The number of anilines is 1. The number of rotatable bonds is 6. The zero-order chi connectivity index (χ0) is 16.3. The SMILES string of the molecule is CC.c1csc(CCNCc2ccccc2N2CCNCC2)c1. The van der Waals surface area contributed by atoms with Gasteiger partial charge in [-0.15, -0.1) is 11.3 Å². The maximum atomic E-state index is 3.58. The fraction of sp³-hybridized carbons (Fsp3) is 0.474. The molecule has 2 aromatic rings. The van der Waals surface area contributed by atoms with Crippen LogP contribution in [0, 0.1) is 0 Å². The van der Waals surface area contributed by atoms with Crippen LogP contribution >= 0.6 is 11.3 Å². The van der Waals surface area contributed by atoms with E-state index in [2.05, 4.69) is 57.3 Å². The van der Waals surface area contributed by atoms with Crippen LogP contribution in [0.1, 0.15) is 24.3 Å². The van der Waals surface area contributed by atoms with Crippen LogP contribution in [0.4, 0.5) is 5.69 Å². The average molecular weight is 332 g/mol. The molecule has 0 unspecified atom stereocenters. The van der Waals surface area contributed by atoms with Gasteiger partial charge in [0.2, 0.25) is 0 Å². The summed E-state index contributed by atoms with van der Waals surface area (Å²) in [6, 6.07) is 13.1. The first-order chi connectivity index (χ1) is 11.4. The lowest BCUT2D eigenvalue weighted by molar-refractivity contribution is 0.585. The third-order valence-corrected chi connectivity index (χ3v) is 4.83. The van der Waals surface area contributed by atoms with Crippen molar-refractivity contribution in [3.8, 4) is 0 Å². The van der Waals surface area contributed by atoms with E-state index in [4.69, 9.17) is 0 Å². The first kappa shape index (κ1) is 18.0. The molecule has 1 fully saturated rings. The van der Waals surface area contributed by atoms with Crippen molar-refractivity contribution >= 4 is 17.0 Å². The van der Waals surface area contributed by atoms with Gasteiger partial charge in [0, 0.05) is 49.8 Å². The molecule has 0 saturated carbocycles. The summed E-state index contributed by atoms with van der Waals surface area (Å²) < 4.78 is 0. The quantitative estimate of drug-likeness (QED) is 0.793. The molecule has 3 nitrogen and oxygen atoms in total. The van der Waals surface area contributed by atoms with Crippen molar-refractivity contribution < 1.29 is 0 Å². The van der Waals surface area contributed by atoms with Crippen LogP contribution < -0.4 is 15.5 Å². The second-order valence-corrected chi connectivity index (χ2v) is 6.40. The van der Waals surface area contributed by atoms with E-state index < -0.39 is 0 Å². The van der Waals surface area contributed by atoms with Crippen LogP contribution in [-0.2, 0) is 13.0 Å². The van der Waals surface area contributed by atoms with E-state index in [0.717, 1.165) is 45.7 Å². The minimum absolute atomic E-state index is 0.950. The zero-order valence-electron chi connectivity index (χ0n) is 14.3. The zero-order valence-corrected chi connectivity index (χ0v) is 15.2. The van der Waals surface area contributed by atoms with Crippen LogP contribution in [0.25, 0.3) is 0 Å². The van der Waals surface area contributed by atoms with E-state index >= 15 is 0 Å². The summed E-state index contributed by atoms with van der Waals surface area (Å²) in [5, 5.41) is 9.15. The summed E-state index contributed by atoms with van der Waals surface area (Å²) in [6.45, 7) is 10.4. The third-order valence-electron chi connectivity index (χ3n) is 3.89. The standard InChI is InChI=1S/C17H23N3S.C2H6/c1-2-6-17(20-11-9-18-10-12-20)15(4-1)14-19-8-7-16-5-3-13-21-16;1-2/h1-6,13,18-19H,7-12,14H2;1-2H3. The Balaban J connectivity index is 0.000000924. The molecule has 1 aromatic heterocycles. The maximum Gasteiger partial charge on any atom is 0.0412 e. The molecule has 0 atom stereocenters. The van der Waals surface area contributed by atoms with Crippen molar-refractivity contribution in [2.75, 3.05) is 37.6 Å². The first-order valence-electron chi connectivity index (χ1n) is 8.70. The Hall–Kier alpha value is -1.36. The summed E-state index contributed by atoms with van der Waals surface area (Å²) in [4.78, 5) is 3.95. The average Bonchev–Trinajstić information content (AvgIpc) is 3.15. The minimum Gasteiger partial charge on any atom is -0.369 e. The van der Waals surface area contributed by atoms with Gasteiger partial charge in [-0.1, -0.05) is 38.1 Å². The number of para-hydroxylation sites is 1. The van der Waals surface area contributed by atoms with Gasteiger partial charge in [0.1, 0.15) is 0 Å². The molecule has 1 aliphatic heterocycles. The highest BCUT2D eigenvalue weighted by atomic mass is 32.1. The molecule has 0 spiro atoms. The van der Waals surface area contributed by atoms with E-state index in [1.54, 1.807) is 0 Å². The minimum atomic E-state index is 0.950. The van der Waals surface area contributed by atoms with Gasteiger partial charge in [0.25, 0.3) is 0 Å². The van der Waals surface area contributed by atoms with Crippen LogP contribution in [0.2, 0.25) is 0 Å². The lowest BCUT2D eigenvalue weighted by Gasteiger charge is -2.31. The number of hydrogen-bond acceptors (Lipinski definition) is 4. The number of benzene rings is 1. The molecule has 0 bridgehead atoms. The predicted molar refractivity (Wildman–Crippen MR) is 103 cm³/mol. The van der Waals surface area contributed by atoms with E-state index in [1.165, 1.54) is 16.1 Å². The van der Waals surface area contributed by atoms with Gasteiger partial charge in [-0.3, -0.25) is 0 Å². The molecule has 0 aliphatic carbocycles. The van der Waals surface area contributed by atoms with Crippen molar-refractivity contribution in [1.29, 1.82) is 0 Å². The van der Waals surface area contributed by atoms with Crippen molar-refractivity contribution in [1.82, 2.24) is 10.6 Å². The smallest absolute Gasteiger partial charge is 0.0412 e. The van der Waals surface area contributed by atoms with Crippen molar-refractivity contribution in [2.24, 2.45) is 0 Å². The lowest BCUT2D eigenvalue weighted by Crippen LogP contribution is -2.44. The third kappa shape index (κ3) is 5.65. The molecule has 1 saturated heterocycles. The summed E-state index contributed by atoms with van der Waals surface area (Å²) in [5.41, 5.74) is 2.80. The topological polar surface area (TPSA) is 27.3 Å². The summed E-state index contributed by atoms with van der Waals surface area (Å²) in [5.74, 6) is 0. The molecule has 23 heavy (non-hydrogen) atoms. The molecule has 0 radical (unpaired) electrons. The van der Waals surface area contributed by atoms with Crippen LogP contribution in [-0.4, -0.2) is 32.7 Å². The van der Waals surface area contributed by atoms with Gasteiger partial charge in [0.15, 0.2) is 0 Å². The molecular formula is C19H29N3S. The van der Waals surface area contributed by atoms with Crippen LogP contribution in [0.3, 0.4) is 0 Å². The summed E-state index contributed by atoms with van der Waals surface area (Å²) >= 11 is 1.84. The summed E-state index contributed by atoms with van der Waals surface area (Å²) in [7, 11) is 0. The second kappa shape index (κ2) is 10.4. The van der Waals surface area contributed by atoms with Crippen LogP contribution in [0.5, 0.6) is 0 Å². The first-order valence-corrected chi connectivity index (χ1v) is 9.58. The van der Waals surface area contributed by atoms with E-state index in [0.29, 0.717) is 0 Å². The monoisotopic (exact) mass is 331 g/mol. The molecule has 4 heteroatoms. The number of piperazine rings is 1. The van der Waals surface area contributed by atoms with Gasteiger partial charge in [-0.2, -0.15) is 0 Å². The highest BCUT2D eigenvalue weighted by Gasteiger charge is 2.13. The Morgan fingerprint density at radius 2 is 1.87 bits per heavy atom. The van der Waals surface area contributed by atoms with Crippen molar-refractivity contribution in [2.45, 2.75) is 26.8 Å². The number of thiophene rings is 1. The van der Waals surface area contributed by atoms with Crippen molar-refractivity contribution in [3.63, 3.8) is 0 Å². The molecule has 1 aromatic carbocycles. The maximum absolute atomic E-state index is 3.58. The van der Waals surface area contributed by atoms with Crippen LogP contribution in [0.15, 0.2) is 41.8 Å². The molecule has 2 N–H and O–H groups in total. The Morgan fingerprint density at radius 1 is 1.09 bits per heavy atom. The van der Waals surface area contributed by atoms with E-state index in [-0.39, 0.29) is 0 Å². The number of nitrogens with zero attached hydrogens (tertiary/aromatic N) is 1. The molecule has 0 amide bonds. The Kier molecular flexibility index (Phi) is 8.15. The van der Waals surface area contributed by atoms with E-state index in [1.807, 2.05) is 25.2 Å².